The van der Waals surface area contributed by atoms with Gasteiger partial charge in [-0.05, 0) is 79.7 Å². The van der Waals surface area contributed by atoms with E-state index in [-0.39, 0.29) is 10.8 Å². The van der Waals surface area contributed by atoms with Crippen LogP contribution in [0.5, 0.6) is 0 Å². The highest BCUT2D eigenvalue weighted by Gasteiger charge is 2.68. The van der Waals surface area contributed by atoms with Gasteiger partial charge in [0.05, 0.1) is 12.2 Å². The summed E-state index contributed by atoms with van der Waals surface area (Å²) in [5.41, 5.74) is 2.03. The summed E-state index contributed by atoms with van der Waals surface area (Å²) in [7, 11) is -0.407. The van der Waals surface area contributed by atoms with Crippen molar-refractivity contribution in [2.75, 3.05) is 6.61 Å². The van der Waals surface area contributed by atoms with Gasteiger partial charge in [0, 0.05) is 11.8 Å². The number of aliphatic hydroxyl groups excluding tert-OH is 1. The summed E-state index contributed by atoms with van der Waals surface area (Å²) in [6.07, 6.45) is 9.60. The Labute approximate surface area is 191 Å². The molecule has 0 radical (unpaired) electrons. The number of carbonyl (C=O) groups is 1. The second-order valence-electron chi connectivity index (χ2n) is 11.6. The smallest absolute Gasteiger partial charge is 0.404 e. The van der Waals surface area contributed by atoms with Gasteiger partial charge in [-0.25, -0.2) is 0 Å². The Morgan fingerprint density at radius 1 is 1.00 bits per heavy atom. The first kappa shape index (κ1) is 21.1. The second kappa shape index (κ2) is 7.28. The lowest BCUT2D eigenvalue weighted by atomic mass is 9.46. The Morgan fingerprint density at radius 3 is 2.59 bits per heavy atom. The highest BCUT2D eigenvalue weighted by atomic mass is 16.6. The minimum atomic E-state index is -0.587. The van der Waals surface area contributed by atoms with Gasteiger partial charge in [-0.2, -0.15) is 0 Å². The topological polar surface area (TPSA) is 55.8 Å². The van der Waals surface area contributed by atoms with Crippen LogP contribution in [0, 0.1) is 28.6 Å². The van der Waals surface area contributed by atoms with Crippen LogP contribution < -0.4 is 5.46 Å². The van der Waals surface area contributed by atoms with Crippen LogP contribution in [0.2, 0.25) is 0 Å². The van der Waals surface area contributed by atoms with Crippen molar-refractivity contribution in [2.45, 2.75) is 76.9 Å². The molecule has 5 aliphatic rings. The molecular formula is C27H35BO4. The van der Waals surface area contributed by atoms with Gasteiger partial charge < -0.3 is 14.4 Å². The Kier molecular flexibility index (Phi) is 4.81. The number of ketones is 1. The van der Waals surface area contributed by atoms with E-state index in [1.54, 1.807) is 0 Å². The van der Waals surface area contributed by atoms with Crippen LogP contribution in [0.15, 0.2) is 42.0 Å². The van der Waals surface area contributed by atoms with E-state index in [4.69, 9.17) is 9.31 Å². The molecule has 170 valence electrons. The zero-order valence-electron chi connectivity index (χ0n) is 19.4. The van der Waals surface area contributed by atoms with Crippen LogP contribution in [0.1, 0.15) is 65.2 Å². The number of fused-ring (bicyclic) bond motifs is 6. The van der Waals surface area contributed by atoms with Gasteiger partial charge in [0.1, 0.15) is 6.10 Å². The Bertz CT molecular complexity index is 946. The fourth-order valence-electron chi connectivity index (χ4n) is 8.72. The van der Waals surface area contributed by atoms with Crippen molar-refractivity contribution < 1.29 is 19.2 Å². The molecule has 6 rings (SSSR count). The summed E-state index contributed by atoms with van der Waals surface area (Å²) in [6, 6.07) is 10.2. The lowest BCUT2D eigenvalue weighted by Crippen LogP contribution is -2.66. The van der Waals surface area contributed by atoms with Crippen LogP contribution in [0.3, 0.4) is 0 Å². The first-order chi connectivity index (χ1) is 15.4. The minimum Gasteiger partial charge on any atom is -0.404 e. The molecule has 1 aromatic carbocycles. The Morgan fingerprint density at radius 2 is 1.78 bits per heavy atom. The van der Waals surface area contributed by atoms with E-state index in [9.17, 15) is 9.90 Å². The Hall–Kier alpha value is -1.43. The standard InChI is InChI=1S/C27H35BO4/c1-25-13-10-20(29)16-18(25)8-9-21-22(25)11-14-26(2)23(21)12-15-27(26)24(30)17-31-28(32-27)19-6-4-3-5-7-19/h3-7,16,21-24,30H,8-15,17H2,1-2H3/t21-,22+,23+,24-,25+,26+,27+/m1/s1. The molecule has 1 saturated heterocycles. The van der Waals surface area contributed by atoms with Gasteiger partial charge >= 0.3 is 7.12 Å². The van der Waals surface area contributed by atoms with Gasteiger partial charge in [-0.1, -0.05) is 49.8 Å². The van der Waals surface area contributed by atoms with E-state index in [0.717, 1.165) is 44.0 Å². The van der Waals surface area contributed by atoms with E-state index in [2.05, 4.69) is 26.0 Å². The van der Waals surface area contributed by atoms with E-state index >= 15 is 0 Å². The molecule has 5 heteroatoms. The van der Waals surface area contributed by atoms with Crippen LogP contribution >= 0.6 is 0 Å². The lowest BCUT2D eigenvalue weighted by molar-refractivity contribution is -0.195. The van der Waals surface area contributed by atoms with Crippen molar-refractivity contribution >= 4 is 18.4 Å². The second-order valence-corrected chi connectivity index (χ2v) is 11.6. The molecule has 1 spiro atoms. The summed E-state index contributed by atoms with van der Waals surface area (Å²) < 4.78 is 12.8. The lowest BCUT2D eigenvalue weighted by Gasteiger charge is -2.61. The SMILES string of the molecule is C[C@]12CCC(=O)C=C1CC[C@@H]1[C@@H]2CC[C@@]2(C)[C@H]1CC[C@@]21OB(c2ccccc2)OC[C@H]1O. The normalized spacial score (nSPS) is 45.8. The van der Waals surface area contributed by atoms with Crippen molar-refractivity contribution in [3.05, 3.63) is 42.0 Å². The molecule has 1 aliphatic heterocycles. The van der Waals surface area contributed by atoms with E-state index < -0.39 is 18.8 Å². The molecule has 3 saturated carbocycles. The molecule has 4 fully saturated rings. The molecule has 7 atom stereocenters. The third kappa shape index (κ3) is 2.77. The number of allylic oxidation sites excluding steroid dienone is 1. The molecule has 0 aromatic heterocycles. The quantitative estimate of drug-likeness (QED) is 0.678. The van der Waals surface area contributed by atoms with Crippen LogP contribution in [-0.4, -0.2) is 36.3 Å². The third-order valence-electron chi connectivity index (χ3n) is 10.5. The predicted octanol–water partition coefficient (Wildman–Crippen LogP) is 4.06. The van der Waals surface area contributed by atoms with Gasteiger partial charge in [0.15, 0.2) is 5.78 Å². The largest absolute Gasteiger partial charge is 0.494 e. The summed E-state index contributed by atoms with van der Waals surface area (Å²) in [5.74, 6) is 2.17. The number of hydrogen-bond acceptors (Lipinski definition) is 4. The molecule has 1 N–H and O–H groups in total. The molecule has 32 heavy (non-hydrogen) atoms. The maximum atomic E-state index is 12.1. The van der Waals surface area contributed by atoms with Crippen LogP contribution in [0.4, 0.5) is 0 Å². The molecule has 0 amide bonds. The van der Waals surface area contributed by atoms with Gasteiger partial charge in [-0.3, -0.25) is 4.79 Å². The summed E-state index contributed by atoms with van der Waals surface area (Å²) >= 11 is 0. The van der Waals surface area contributed by atoms with E-state index in [0.29, 0.717) is 36.6 Å². The average Bonchev–Trinajstić information content (AvgIpc) is 3.09. The maximum absolute atomic E-state index is 12.1. The minimum absolute atomic E-state index is 0.0491. The summed E-state index contributed by atoms with van der Waals surface area (Å²) in [4.78, 5) is 12.1. The van der Waals surface area contributed by atoms with Gasteiger partial charge in [0.2, 0.25) is 0 Å². The fourth-order valence-corrected chi connectivity index (χ4v) is 8.72. The number of benzene rings is 1. The zero-order chi connectivity index (χ0) is 22.1. The molecule has 4 aliphatic carbocycles. The van der Waals surface area contributed by atoms with Gasteiger partial charge in [-0.15, -0.1) is 0 Å². The molecule has 0 unspecified atom stereocenters. The first-order valence-corrected chi connectivity index (χ1v) is 12.6. The van der Waals surface area contributed by atoms with Crippen molar-refractivity contribution in [2.24, 2.45) is 28.6 Å². The van der Waals surface area contributed by atoms with Crippen molar-refractivity contribution in [1.29, 1.82) is 0 Å². The molecule has 0 bridgehead atoms. The average molecular weight is 434 g/mol. The highest BCUT2D eigenvalue weighted by molar-refractivity contribution is 6.61. The number of aliphatic hydroxyl groups is 1. The monoisotopic (exact) mass is 434 g/mol. The zero-order valence-corrected chi connectivity index (χ0v) is 19.4. The molecule has 4 nitrogen and oxygen atoms in total. The summed E-state index contributed by atoms with van der Waals surface area (Å²) in [5, 5.41) is 11.3. The number of rotatable bonds is 1. The van der Waals surface area contributed by atoms with E-state index in [1.807, 2.05) is 24.3 Å². The van der Waals surface area contributed by atoms with Crippen molar-refractivity contribution in [3.8, 4) is 0 Å². The van der Waals surface area contributed by atoms with Crippen LogP contribution in [0.25, 0.3) is 0 Å². The van der Waals surface area contributed by atoms with E-state index in [1.165, 1.54) is 12.0 Å². The number of hydrogen-bond donors (Lipinski definition) is 1. The van der Waals surface area contributed by atoms with Crippen molar-refractivity contribution in [1.82, 2.24) is 0 Å². The molecule has 1 heterocycles. The fraction of sp³-hybridized carbons (Fsp3) is 0.667. The summed E-state index contributed by atoms with van der Waals surface area (Å²) in [6.45, 7) is 5.17. The van der Waals surface area contributed by atoms with Crippen molar-refractivity contribution in [3.63, 3.8) is 0 Å². The molecule has 1 aromatic rings. The number of carbonyl (C=O) groups excluding carboxylic acids is 1. The maximum Gasteiger partial charge on any atom is 0.494 e. The molecular weight excluding hydrogens is 399 g/mol. The Balaban J connectivity index is 1.32. The first-order valence-electron chi connectivity index (χ1n) is 12.6. The van der Waals surface area contributed by atoms with Gasteiger partial charge in [0.25, 0.3) is 0 Å². The third-order valence-corrected chi connectivity index (χ3v) is 10.5. The predicted molar refractivity (Wildman–Crippen MR) is 124 cm³/mol. The van der Waals surface area contributed by atoms with Crippen LogP contribution in [-0.2, 0) is 14.1 Å². The highest BCUT2D eigenvalue weighted by Crippen LogP contribution is 2.69.